The number of hydrogen-bond donors (Lipinski definition) is 0. The first-order chi connectivity index (χ1) is 35.0. The Kier molecular flexibility index (Phi) is 9.15. The van der Waals surface area contributed by atoms with Crippen molar-refractivity contribution in [1.82, 2.24) is 0 Å². The smallest absolute Gasteiger partial charge is 0.136 e. The Morgan fingerprint density at radius 2 is 0.859 bits per heavy atom. The maximum Gasteiger partial charge on any atom is 0.136 e. The molecule has 2 aliphatic carbocycles. The molecule has 0 fully saturated rings. The number of anilines is 6. The standard InChI is InChI=1S/C68H48N2O/c1-67(2)57-33-17-15-29-51(57)52-39-37-50(44-60(52)67)70(62-36-20-35-59-66(62)54-30-16-18-34-58(54)68(59,45-21-7-3-8-22-45)46-23-9-4-10-24-46)61-40-42-64-65-53(31-19-32-55(61)65)56-43-49(38-41-63(56)71-64)69(47-25-11-5-12-26-47)48-27-13-6-14-28-48/h3-44H,1-2H3. The summed E-state index contributed by atoms with van der Waals surface area (Å²) in [6.07, 6.45) is 0. The summed E-state index contributed by atoms with van der Waals surface area (Å²) in [7, 11) is 0. The SMILES string of the molecule is CC1(C)c2ccccc2-c2ccc(N(c3cccc4c3-c3ccccc3C4(c3ccccc3)c3ccccc3)c3ccc4c5c(cccc35)-c3cc(N(c5ccccc5)c5ccccc5)ccc3O4)cc21. The summed E-state index contributed by atoms with van der Waals surface area (Å²) in [6, 6.07) is 93.4. The fourth-order valence-electron chi connectivity index (χ4n) is 12.4. The van der Waals surface area contributed by atoms with Crippen LogP contribution >= 0.6 is 0 Å². The summed E-state index contributed by atoms with van der Waals surface area (Å²) in [6.45, 7) is 4.75. The zero-order valence-electron chi connectivity index (χ0n) is 39.6. The van der Waals surface area contributed by atoms with Crippen LogP contribution in [0.4, 0.5) is 34.1 Å². The van der Waals surface area contributed by atoms with Crippen LogP contribution in [-0.4, -0.2) is 0 Å². The van der Waals surface area contributed by atoms with Crippen molar-refractivity contribution >= 4 is 44.9 Å². The molecule has 0 unspecified atom stereocenters. The van der Waals surface area contributed by atoms with E-state index in [1.807, 2.05) is 0 Å². The van der Waals surface area contributed by atoms with Crippen molar-refractivity contribution in [3.8, 4) is 44.9 Å². The lowest BCUT2D eigenvalue weighted by molar-refractivity contribution is 0.487. The molecular weight excluding hydrogens is 861 g/mol. The van der Waals surface area contributed by atoms with Gasteiger partial charge < -0.3 is 14.5 Å². The number of para-hydroxylation sites is 2. The first kappa shape index (κ1) is 41.1. The molecule has 0 saturated heterocycles. The van der Waals surface area contributed by atoms with E-state index < -0.39 is 5.41 Å². The second-order valence-corrected chi connectivity index (χ2v) is 19.6. The van der Waals surface area contributed by atoms with Crippen LogP contribution < -0.4 is 14.5 Å². The highest BCUT2D eigenvalue weighted by molar-refractivity contribution is 6.12. The third kappa shape index (κ3) is 6.03. The minimum absolute atomic E-state index is 0.197. The molecule has 1 aliphatic heterocycles. The van der Waals surface area contributed by atoms with Crippen LogP contribution in [0.3, 0.4) is 0 Å². The second kappa shape index (κ2) is 15.8. The lowest BCUT2D eigenvalue weighted by atomic mass is 9.68. The Labute approximate surface area is 415 Å². The van der Waals surface area contributed by atoms with Gasteiger partial charge in [0.15, 0.2) is 0 Å². The lowest BCUT2D eigenvalue weighted by Gasteiger charge is -2.35. The average molecular weight is 909 g/mol. The highest BCUT2D eigenvalue weighted by Crippen LogP contribution is 2.61. The van der Waals surface area contributed by atoms with Gasteiger partial charge in [-0.2, -0.15) is 0 Å². The van der Waals surface area contributed by atoms with E-state index in [0.717, 1.165) is 67.5 Å². The van der Waals surface area contributed by atoms with Gasteiger partial charge in [0.1, 0.15) is 11.5 Å². The molecule has 11 aromatic carbocycles. The maximum absolute atomic E-state index is 6.97. The van der Waals surface area contributed by atoms with Gasteiger partial charge in [0, 0.05) is 50.1 Å². The first-order valence-electron chi connectivity index (χ1n) is 24.7. The molecule has 0 N–H and O–H groups in total. The Morgan fingerprint density at radius 3 is 1.56 bits per heavy atom. The topological polar surface area (TPSA) is 15.7 Å². The molecule has 3 nitrogen and oxygen atoms in total. The first-order valence-corrected chi connectivity index (χ1v) is 24.7. The molecule has 0 spiro atoms. The molecule has 11 aromatic rings. The van der Waals surface area contributed by atoms with Crippen LogP contribution in [0, 0.1) is 0 Å². The summed E-state index contributed by atoms with van der Waals surface area (Å²) in [5, 5.41) is 2.21. The van der Waals surface area contributed by atoms with E-state index >= 15 is 0 Å². The molecule has 0 aromatic heterocycles. The molecule has 71 heavy (non-hydrogen) atoms. The van der Waals surface area contributed by atoms with Gasteiger partial charge in [-0.25, -0.2) is 0 Å². The van der Waals surface area contributed by atoms with E-state index in [-0.39, 0.29) is 5.41 Å². The van der Waals surface area contributed by atoms with Gasteiger partial charge in [-0.05, 0) is 128 Å². The van der Waals surface area contributed by atoms with Crippen LogP contribution in [0.2, 0.25) is 0 Å². The highest BCUT2D eigenvalue weighted by Gasteiger charge is 2.47. The number of nitrogens with zero attached hydrogens (tertiary/aromatic N) is 2. The summed E-state index contributed by atoms with van der Waals surface area (Å²) in [5.41, 5.74) is 20.8. The molecule has 0 bridgehead atoms. The van der Waals surface area contributed by atoms with Crippen molar-refractivity contribution in [3.63, 3.8) is 0 Å². The van der Waals surface area contributed by atoms with Crippen LogP contribution in [0.25, 0.3) is 44.2 Å². The Balaban J connectivity index is 1.03. The zero-order chi connectivity index (χ0) is 47.3. The predicted molar refractivity (Wildman–Crippen MR) is 294 cm³/mol. The van der Waals surface area contributed by atoms with Gasteiger partial charge in [0.25, 0.3) is 0 Å². The summed E-state index contributed by atoms with van der Waals surface area (Å²) in [5.74, 6) is 1.69. The van der Waals surface area contributed by atoms with Gasteiger partial charge in [-0.15, -0.1) is 0 Å². The molecule has 336 valence electrons. The van der Waals surface area contributed by atoms with E-state index in [1.54, 1.807) is 0 Å². The number of rotatable bonds is 8. The van der Waals surface area contributed by atoms with Crippen molar-refractivity contribution in [2.24, 2.45) is 0 Å². The molecule has 3 heteroatoms. The maximum atomic E-state index is 6.97. The molecule has 0 saturated carbocycles. The number of ether oxygens (including phenoxy) is 1. The fourth-order valence-corrected chi connectivity index (χ4v) is 12.4. The fraction of sp³-hybridized carbons (Fsp3) is 0.0588. The Bertz CT molecular complexity index is 3800. The van der Waals surface area contributed by atoms with Gasteiger partial charge in [-0.1, -0.05) is 196 Å². The molecule has 0 amide bonds. The number of benzene rings is 11. The van der Waals surface area contributed by atoms with Crippen molar-refractivity contribution in [2.75, 3.05) is 9.80 Å². The largest absolute Gasteiger partial charge is 0.456 e. The monoisotopic (exact) mass is 908 g/mol. The minimum Gasteiger partial charge on any atom is -0.456 e. The Hall–Kier alpha value is -8.92. The quantitative estimate of drug-likeness (QED) is 0.151. The molecule has 1 heterocycles. The van der Waals surface area contributed by atoms with E-state index in [0.29, 0.717) is 0 Å². The van der Waals surface area contributed by atoms with E-state index in [1.165, 1.54) is 55.6 Å². The number of fused-ring (bicyclic) bond motifs is 8. The normalized spacial score (nSPS) is 13.8. The van der Waals surface area contributed by atoms with Gasteiger partial charge in [0.05, 0.1) is 16.8 Å². The summed E-state index contributed by atoms with van der Waals surface area (Å²) >= 11 is 0. The highest BCUT2D eigenvalue weighted by atomic mass is 16.5. The van der Waals surface area contributed by atoms with Gasteiger partial charge in [-0.3, -0.25) is 0 Å². The second-order valence-electron chi connectivity index (χ2n) is 19.6. The van der Waals surface area contributed by atoms with Crippen molar-refractivity contribution in [2.45, 2.75) is 24.7 Å². The molecule has 3 aliphatic rings. The van der Waals surface area contributed by atoms with Gasteiger partial charge in [0.2, 0.25) is 0 Å². The average Bonchev–Trinajstić information content (AvgIpc) is 3.87. The predicted octanol–water partition coefficient (Wildman–Crippen LogP) is 18.2. The van der Waals surface area contributed by atoms with Crippen LogP contribution in [0.5, 0.6) is 11.5 Å². The third-order valence-electron chi connectivity index (χ3n) is 15.5. The van der Waals surface area contributed by atoms with Crippen molar-refractivity contribution in [1.29, 1.82) is 0 Å². The van der Waals surface area contributed by atoms with Crippen LogP contribution in [-0.2, 0) is 10.8 Å². The summed E-state index contributed by atoms with van der Waals surface area (Å²) in [4.78, 5) is 4.86. The molecular formula is C68H48N2O. The molecule has 0 radical (unpaired) electrons. The van der Waals surface area contributed by atoms with Crippen LogP contribution in [0.1, 0.15) is 47.2 Å². The van der Waals surface area contributed by atoms with Crippen LogP contribution in [0.15, 0.2) is 255 Å². The minimum atomic E-state index is -0.555. The van der Waals surface area contributed by atoms with E-state index in [2.05, 4.69) is 278 Å². The summed E-state index contributed by atoms with van der Waals surface area (Å²) < 4.78 is 6.97. The Morgan fingerprint density at radius 1 is 0.324 bits per heavy atom. The number of hydrogen-bond acceptors (Lipinski definition) is 3. The van der Waals surface area contributed by atoms with E-state index in [4.69, 9.17) is 4.74 Å². The van der Waals surface area contributed by atoms with E-state index in [9.17, 15) is 0 Å². The molecule has 0 atom stereocenters. The third-order valence-corrected chi connectivity index (χ3v) is 15.5. The van der Waals surface area contributed by atoms with Gasteiger partial charge >= 0.3 is 0 Å². The van der Waals surface area contributed by atoms with Crippen molar-refractivity contribution < 1.29 is 4.74 Å². The molecule has 14 rings (SSSR count). The van der Waals surface area contributed by atoms with Crippen molar-refractivity contribution in [3.05, 3.63) is 288 Å². The zero-order valence-corrected chi connectivity index (χ0v) is 39.6. The lowest BCUT2D eigenvalue weighted by Crippen LogP contribution is -2.28.